The molecule has 2 fully saturated rings. The number of aryl methyl sites for hydroxylation is 1. The molecule has 5 rings (SSSR count). The molecule has 8 heteroatoms. The predicted molar refractivity (Wildman–Crippen MR) is 99.7 cm³/mol. The van der Waals surface area contributed by atoms with Crippen molar-refractivity contribution in [1.82, 2.24) is 34.8 Å². The molecule has 1 saturated heterocycles. The molecule has 1 amide bonds. The third-order valence-corrected chi connectivity index (χ3v) is 6.04. The lowest BCUT2D eigenvalue weighted by Gasteiger charge is -2.39. The first kappa shape index (κ1) is 16.4. The first-order valence-corrected chi connectivity index (χ1v) is 9.53. The number of fused-ring (bicyclic) bond motifs is 3. The van der Waals surface area contributed by atoms with Crippen LogP contribution in [0.1, 0.15) is 38.4 Å². The Balaban J connectivity index is 1.55. The largest absolute Gasteiger partial charge is 0.340 e. The van der Waals surface area contributed by atoms with Crippen molar-refractivity contribution >= 4 is 16.9 Å². The molecule has 0 spiro atoms. The van der Waals surface area contributed by atoms with Gasteiger partial charge in [0.1, 0.15) is 22.6 Å². The lowest BCUT2D eigenvalue weighted by Crippen LogP contribution is -2.49. The average molecular weight is 365 g/mol. The van der Waals surface area contributed by atoms with Crippen molar-refractivity contribution in [3.63, 3.8) is 0 Å². The van der Waals surface area contributed by atoms with Crippen molar-refractivity contribution in [3.05, 3.63) is 24.4 Å². The number of carbonyl (C=O) groups is 1. The Hall–Kier alpha value is -2.77. The number of aromatic nitrogens is 6. The van der Waals surface area contributed by atoms with Crippen LogP contribution in [0.15, 0.2) is 18.6 Å². The van der Waals surface area contributed by atoms with E-state index in [2.05, 4.69) is 34.1 Å². The van der Waals surface area contributed by atoms with E-state index in [-0.39, 0.29) is 23.8 Å². The Morgan fingerprint density at radius 1 is 1.26 bits per heavy atom. The van der Waals surface area contributed by atoms with Gasteiger partial charge in [0.2, 0.25) is 5.91 Å². The molecule has 0 radical (unpaired) electrons. The van der Waals surface area contributed by atoms with Gasteiger partial charge in [-0.05, 0) is 32.6 Å². The summed E-state index contributed by atoms with van der Waals surface area (Å²) in [5.41, 5.74) is 3.30. The van der Waals surface area contributed by atoms with Crippen molar-refractivity contribution in [2.45, 2.75) is 38.6 Å². The summed E-state index contributed by atoms with van der Waals surface area (Å²) in [5, 5.41) is 11.7. The zero-order chi connectivity index (χ0) is 18.7. The minimum Gasteiger partial charge on any atom is -0.340 e. The van der Waals surface area contributed by atoms with Gasteiger partial charge in [-0.15, -0.1) is 0 Å². The second-order valence-electron chi connectivity index (χ2n) is 8.02. The molecule has 2 aliphatic rings. The predicted octanol–water partition coefficient (Wildman–Crippen LogP) is 2.11. The van der Waals surface area contributed by atoms with Crippen molar-refractivity contribution in [2.75, 3.05) is 6.54 Å². The summed E-state index contributed by atoms with van der Waals surface area (Å²) in [5.74, 6) is 1.57. The molecule has 140 valence electrons. The van der Waals surface area contributed by atoms with E-state index in [1.807, 2.05) is 18.1 Å². The number of hydrogen-bond acceptors (Lipinski definition) is 5. The summed E-state index contributed by atoms with van der Waals surface area (Å²) in [6.45, 7) is 4.98. The minimum atomic E-state index is -0.00246. The number of amides is 1. The zero-order valence-corrected chi connectivity index (χ0v) is 15.8. The Morgan fingerprint density at radius 3 is 2.85 bits per heavy atom. The SMILES string of the molecule is CC(C)N1CC2CCC(C1=O)C2c1ncc2[nH]nc(-c3cnn(C)c3)c2n1. The molecule has 1 aliphatic heterocycles. The summed E-state index contributed by atoms with van der Waals surface area (Å²) < 4.78 is 1.75. The quantitative estimate of drug-likeness (QED) is 0.767. The van der Waals surface area contributed by atoms with E-state index in [1.54, 1.807) is 17.1 Å². The molecule has 1 N–H and O–H groups in total. The van der Waals surface area contributed by atoms with E-state index in [9.17, 15) is 4.79 Å². The lowest BCUT2D eigenvalue weighted by atomic mass is 9.83. The summed E-state index contributed by atoms with van der Waals surface area (Å²) in [7, 11) is 1.88. The van der Waals surface area contributed by atoms with Crippen LogP contribution in [0.5, 0.6) is 0 Å². The fraction of sp³-hybridized carbons (Fsp3) is 0.526. The molecule has 2 bridgehead atoms. The molecule has 3 unspecified atom stereocenters. The summed E-state index contributed by atoms with van der Waals surface area (Å²) in [6.07, 6.45) is 7.49. The standard InChI is InChI=1S/C19H23N7O/c1-10(2)26-9-11-4-5-13(19(26)27)15(11)18-20-7-14-17(22-18)16(24-23-14)12-6-21-25(3)8-12/h6-8,10-11,13,15H,4-5,9H2,1-3H3,(H,23,24). The maximum atomic E-state index is 13.0. The van der Waals surface area contributed by atoms with Gasteiger partial charge < -0.3 is 4.90 Å². The Kier molecular flexibility index (Phi) is 3.57. The van der Waals surface area contributed by atoms with Crippen LogP contribution in [-0.4, -0.2) is 53.3 Å². The first-order chi connectivity index (χ1) is 13.0. The second kappa shape index (κ2) is 5.87. The van der Waals surface area contributed by atoms with Crippen molar-refractivity contribution in [3.8, 4) is 11.3 Å². The second-order valence-corrected chi connectivity index (χ2v) is 8.02. The third kappa shape index (κ3) is 2.46. The highest BCUT2D eigenvalue weighted by Gasteiger charge is 2.49. The molecular formula is C19H23N7O. The van der Waals surface area contributed by atoms with Gasteiger partial charge in [0.05, 0.1) is 12.4 Å². The maximum Gasteiger partial charge on any atom is 0.226 e. The zero-order valence-electron chi connectivity index (χ0n) is 15.8. The molecule has 3 aromatic rings. The number of hydrogen-bond donors (Lipinski definition) is 1. The van der Waals surface area contributed by atoms with Gasteiger partial charge in [0.15, 0.2) is 0 Å². The molecule has 1 saturated carbocycles. The smallest absolute Gasteiger partial charge is 0.226 e. The number of nitrogens with one attached hydrogen (secondary N) is 1. The molecule has 3 atom stereocenters. The Bertz CT molecular complexity index is 1020. The van der Waals surface area contributed by atoms with Gasteiger partial charge in [0, 0.05) is 43.2 Å². The van der Waals surface area contributed by atoms with Crippen LogP contribution < -0.4 is 0 Å². The number of piperidine rings is 1. The number of rotatable bonds is 3. The maximum absolute atomic E-state index is 13.0. The van der Waals surface area contributed by atoms with Gasteiger partial charge in [-0.25, -0.2) is 9.97 Å². The fourth-order valence-electron chi connectivity index (χ4n) is 4.71. The van der Waals surface area contributed by atoms with Crippen LogP contribution in [0, 0.1) is 11.8 Å². The number of nitrogens with zero attached hydrogens (tertiary/aromatic N) is 6. The van der Waals surface area contributed by atoms with E-state index in [1.165, 1.54) is 0 Å². The van der Waals surface area contributed by atoms with Crippen LogP contribution in [-0.2, 0) is 11.8 Å². The molecule has 27 heavy (non-hydrogen) atoms. The van der Waals surface area contributed by atoms with E-state index >= 15 is 0 Å². The summed E-state index contributed by atoms with van der Waals surface area (Å²) in [4.78, 5) is 24.5. The number of likely N-dealkylation sites (tertiary alicyclic amines) is 1. The fourth-order valence-corrected chi connectivity index (χ4v) is 4.71. The van der Waals surface area contributed by atoms with Crippen LogP contribution in [0.2, 0.25) is 0 Å². The average Bonchev–Trinajstić information content (AvgIpc) is 3.33. The van der Waals surface area contributed by atoms with E-state index < -0.39 is 0 Å². The molecule has 8 nitrogen and oxygen atoms in total. The van der Waals surface area contributed by atoms with E-state index in [4.69, 9.17) is 4.98 Å². The van der Waals surface area contributed by atoms with Crippen LogP contribution >= 0.6 is 0 Å². The monoisotopic (exact) mass is 365 g/mol. The Morgan fingerprint density at radius 2 is 2.11 bits per heavy atom. The lowest BCUT2D eigenvalue weighted by molar-refractivity contribution is -0.141. The normalized spacial score (nSPS) is 25.1. The number of carbonyl (C=O) groups excluding carboxylic acids is 1. The van der Waals surface area contributed by atoms with Crippen molar-refractivity contribution < 1.29 is 4.79 Å². The molecular weight excluding hydrogens is 342 g/mol. The molecule has 1 aliphatic carbocycles. The van der Waals surface area contributed by atoms with Crippen molar-refractivity contribution in [1.29, 1.82) is 0 Å². The van der Waals surface area contributed by atoms with Crippen molar-refractivity contribution in [2.24, 2.45) is 18.9 Å². The minimum absolute atomic E-state index is 0.00246. The van der Waals surface area contributed by atoms with Crippen LogP contribution in [0.4, 0.5) is 0 Å². The third-order valence-electron chi connectivity index (χ3n) is 6.04. The highest BCUT2D eigenvalue weighted by atomic mass is 16.2. The molecule has 0 aromatic carbocycles. The topological polar surface area (TPSA) is 92.6 Å². The van der Waals surface area contributed by atoms with Gasteiger partial charge >= 0.3 is 0 Å². The first-order valence-electron chi connectivity index (χ1n) is 9.53. The van der Waals surface area contributed by atoms with Gasteiger partial charge in [-0.1, -0.05) is 0 Å². The number of H-pyrrole nitrogens is 1. The number of aromatic amines is 1. The Labute approximate surface area is 157 Å². The highest BCUT2D eigenvalue weighted by Crippen LogP contribution is 2.48. The van der Waals surface area contributed by atoms with E-state index in [0.717, 1.165) is 47.5 Å². The molecule has 4 heterocycles. The summed E-state index contributed by atoms with van der Waals surface area (Å²) >= 11 is 0. The van der Waals surface area contributed by atoms with Gasteiger partial charge in [-0.2, -0.15) is 10.2 Å². The van der Waals surface area contributed by atoms with Gasteiger partial charge in [0.25, 0.3) is 0 Å². The highest BCUT2D eigenvalue weighted by molar-refractivity contribution is 5.89. The molecule has 3 aromatic heterocycles. The van der Waals surface area contributed by atoms with Crippen LogP contribution in [0.25, 0.3) is 22.3 Å². The van der Waals surface area contributed by atoms with Gasteiger partial charge in [-0.3, -0.25) is 14.6 Å². The van der Waals surface area contributed by atoms with Crippen LogP contribution in [0.3, 0.4) is 0 Å². The summed E-state index contributed by atoms with van der Waals surface area (Å²) in [6, 6.07) is 0.246. The van der Waals surface area contributed by atoms with E-state index in [0.29, 0.717) is 5.92 Å².